The van der Waals surface area contributed by atoms with Crippen molar-refractivity contribution in [2.24, 2.45) is 0 Å². The topological polar surface area (TPSA) is 40.5 Å². The van der Waals surface area contributed by atoms with Gasteiger partial charge in [0.1, 0.15) is 0 Å². The maximum atomic E-state index is 11.0. The van der Waals surface area contributed by atoms with Gasteiger partial charge < -0.3 is 10.0 Å². The molecule has 0 spiro atoms. The molecule has 1 N–H and O–H groups in total. The highest BCUT2D eigenvalue weighted by molar-refractivity contribution is 9.10. The molecule has 3 nitrogen and oxygen atoms in total. The molecule has 0 radical (unpaired) electrons. The summed E-state index contributed by atoms with van der Waals surface area (Å²) in [5.74, 6) is -0.651. The van der Waals surface area contributed by atoms with Crippen LogP contribution in [0.1, 0.15) is 42.7 Å². The third-order valence-corrected chi connectivity index (χ3v) is 4.74. The van der Waals surface area contributed by atoms with Crippen LogP contribution in [-0.4, -0.2) is 36.1 Å². The van der Waals surface area contributed by atoms with Crippen LogP contribution in [0.25, 0.3) is 0 Å². The van der Waals surface area contributed by atoms with Gasteiger partial charge in [-0.05, 0) is 63.0 Å². The second-order valence-electron chi connectivity index (χ2n) is 5.42. The van der Waals surface area contributed by atoms with E-state index >= 15 is 0 Å². The fraction of sp³-hybridized carbons (Fsp3) is 0.533. The maximum Gasteiger partial charge on any atom is 0.310 e. The number of carboxylic acids is 1. The van der Waals surface area contributed by atoms with Gasteiger partial charge in [0, 0.05) is 4.47 Å². The molecular weight excluding hydrogens is 306 g/mol. The summed E-state index contributed by atoms with van der Waals surface area (Å²) in [5, 5.41) is 9.05. The predicted octanol–water partition coefficient (Wildman–Crippen LogP) is 3.45. The van der Waals surface area contributed by atoms with E-state index in [2.05, 4.69) is 33.9 Å². The lowest BCUT2D eigenvalue weighted by atomic mass is 9.88. The second-order valence-corrected chi connectivity index (χ2v) is 6.27. The van der Waals surface area contributed by atoms with E-state index in [4.69, 9.17) is 5.11 Å². The van der Waals surface area contributed by atoms with Crippen LogP contribution in [0.2, 0.25) is 0 Å². The quantitative estimate of drug-likeness (QED) is 0.925. The molecule has 1 heterocycles. The Balaban J connectivity index is 2.17. The Morgan fingerprint density at radius 3 is 2.58 bits per heavy atom. The molecule has 1 aromatic rings. The molecule has 0 bridgehead atoms. The molecule has 2 rings (SSSR count). The third kappa shape index (κ3) is 3.37. The van der Waals surface area contributed by atoms with Crippen LogP contribution in [0.3, 0.4) is 0 Å². The van der Waals surface area contributed by atoms with E-state index in [-0.39, 0.29) is 0 Å². The standard InChI is InChI=1S/C15H20BrNO2/c1-10(15(18)19)12-3-4-13(14(16)9-12)11-5-7-17(2)8-6-11/h3-4,9-11H,5-8H2,1-2H3,(H,18,19). The van der Waals surface area contributed by atoms with E-state index in [0.29, 0.717) is 5.92 Å². The van der Waals surface area contributed by atoms with Gasteiger partial charge >= 0.3 is 5.97 Å². The summed E-state index contributed by atoms with van der Waals surface area (Å²) < 4.78 is 1.05. The number of hydrogen-bond donors (Lipinski definition) is 1. The predicted molar refractivity (Wildman–Crippen MR) is 79.7 cm³/mol. The molecule has 1 aliphatic heterocycles. The molecule has 1 aliphatic rings. The van der Waals surface area contributed by atoms with Crippen LogP contribution in [0.5, 0.6) is 0 Å². The van der Waals surface area contributed by atoms with Crippen LogP contribution < -0.4 is 0 Å². The normalized spacial score (nSPS) is 19.3. The molecule has 0 aliphatic carbocycles. The van der Waals surface area contributed by atoms with Crippen molar-refractivity contribution in [3.63, 3.8) is 0 Å². The van der Waals surface area contributed by atoms with Crippen LogP contribution in [-0.2, 0) is 4.79 Å². The first-order valence-corrected chi connectivity index (χ1v) is 7.49. The Kier molecular flexibility index (Phi) is 4.63. The molecule has 1 aromatic carbocycles. The number of aliphatic carboxylic acids is 1. The van der Waals surface area contributed by atoms with Crippen LogP contribution in [0, 0.1) is 0 Å². The zero-order valence-corrected chi connectivity index (χ0v) is 13.0. The highest BCUT2D eigenvalue weighted by Crippen LogP contribution is 2.34. The summed E-state index contributed by atoms with van der Waals surface area (Å²) in [6.45, 7) is 3.98. The first-order valence-electron chi connectivity index (χ1n) is 6.69. The van der Waals surface area contributed by atoms with Crippen molar-refractivity contribution in [1.82, 2.24) is 4.90 Å². The first-order chi connectivity index (χ1) is 8.99. The highest BCUT2D eigenvalue weighted by atomic mass is 79.9. The Bertz CT molecular complexity index is 467. The van der Waals surface area contributed by atoms with Crippen LogP contribution >= 0.6 is 15.9 Å². The fourth-order valence-electron chi connectivity index (χ4n) is 2.61. The summed E-state index contributed by atoms with van der Waals surface area (Å²) in [5.41, 5.74) is 2.17. The lowest BCUT2D eigenvalue weighted by Gasteiger charge is -2.30. The minimum Gasteiger partial charge on any atom is -0.481 e. The molecule has 104 valence electrons. The van der Waals surface area contributed by atoms with Gasteiger partial charge in [-0.15, -0.1) is 0 Å². The zero-order chi connectivity index (χ0) is 14.0. The molecule has 0 amide bonds. The van der Waals surface area contributed by atoms with Gasteiger partial charge in [0.15, 0.2) is 0 Å². The van der Waals surface area contributed by atoms with Gasteiger partial charge in [-0.3, -0.25) is 4.79 Å². The Labute approximate surface area is 122 Å². The van der Waals surface area contributed by atoms with Crippen molar-refractivity contribution in [2.75, 3.05) is 20.1 Å². The number of rotatable bonds is 3. The van der Waals surface area contributed by atoms with Crippen molar-refractivity contribution in [3.05, 3.63) is 33.8 Å². The number of benzene rings is 1. The van der Waals surface area contributed by atoms with Crippen molar-refractivity contribution < 1.29 is 9.90 Å². The number of nitrogens with zero attached hydrogens (tertiary/aromatic N) is 1. The molecular formula is C15H20BrNO2. The SMILES string of the molecule is CC(C(=O)O)c1ccc(C2CCN(C)CC2)c(Br)c1. The maximum absolute atomic E-state index is 11.0. The van der Waals surface area contributed by atoms with Crippen molar-refractivity contribution in [1.29, 1.82) is 0 Å². The van der Waals surface area contributed by atoms with E-state index in [0.717, 1.165) is 23.1 Å². The third-order valence-electron chi connectivity index (χ3n) is 4.05. The van der Waals surface area contributed by atoms with Crippen LogP contribution in [0.4, 0.5) is 0 Å². The van der Waals surface area contributed by atoms with E-state index in [1.165, 1.54) is 18.4 Å². The van der Waals surface area contributed by atoms with Gasteiger partial charge in [0.2, 0.25) is 0 Å². The lowest BCUT2D eigenvalue weighted by Crippen LogP contribution is -2.29. The summed E-state index contributed by atoms with van der Waals surface area (Å²) in [6, 6.07) is 6.01. The van der Waals surface area contributed by atoms with E-state index in [1.807, 2.05) is 12.1 Å². The van der Waals surface area contributed by atoms with Crippen molar-refractivity contribution >= 4 is 21.9 Å². The highest BCUT2D eigenvalue weighted by Gasteiger charge is 2.21. The Morgan fingerprint density at radius 1 is 1.42 bits per heavy atom. The molecule has 1 unspecified atom stereocenters. The van der Waals surface area contributed by atoms with Crippen molar-refractivity contribution in [3.8, 4) is 0 Å². The summed E-state index contributed by atoms with van der Waals surface area (Å²) in [6.07, 6.45) is 2.34. The summed E-state index contributed by atoms with van der Waals surface area (Å²) >= 11 is 3.61. The number of piperidine rings is 1. The molecule has 1 saturated heterocycles. The number of halogens is 1. The summed E-state index contributed by atoms with van der Waals surface area (Å²) in [4.78, 5) is 13.4. The van der Waals surface area contributed by atoms with E-state index < -0.39 is 11.9 Å². The monoisotopic (exact) mass is 325 g/mol. The first kappa shape index (κ1) is 14.5. The van der Waals surface area contributed by atoms with Gasteiger partial charge in [-0.1, -0.05) is 28.1 Å². The average molecular weight is 326 g/mol. The van der Waals surface area contributed by atoms with Gasteiger partial charge in [-0.25, -0.2) is 0 Å². The van der Waals surface area contributed by atoms with Gasteiger partial charge in [-0.2, -0.15) is 0 Å². The van der Waals surface area contributed by atoms with Crippen LogP contribution in [0.15, 0.2) is 22.7 Å². The Hall–Kier alpha value is -0.870. The zero-order valence-electron chi connectivity index (χ0n) is 11.4. The lowest BCUT2D eigenvalue weighted by molar-refractivity contribution is -0.138. The fourth-order valence-corrected chi connectivity index (χ4v) is 3.33. The minimum absolute atomic E-state index is 0.456. The number of carboxylic acid groups (broad SMARTS) is 1. The van der Waals surface area contributed by atoms with Gasteiger partial charge in [0.05, 0.1) is 5.92 Å². The molecule has 4 heteroatoms. The number of hydrogen-bond acceptors (Lipinski definition) is 2. The smallest absolute Gasteiger partial charge is 0.310 e. The van der Waals surface area contributed by atoms with E-state index in [9.17, 15) is 4.79 Å². The Morgan fingerprint density at radius 2 is 2.05 bits per heavy atom. The average Bonchev–Trinajstić information content (AvgIpc) is 2.39. The largest absolute Gasteiger partial charge is 0.481 e. The molecule has 0 aromatic heterocycles. The second kappa shape index (κ2) is 6.06. The molecule has 0 saturated carbocycles. The van der Waals surface area contributed by atoms with Crippen molar-refractivity contribution in [2.45, 2.75) is 31.6 Å². The minimum atomic E-state index is -0.779. The molecule has 1 fully saturated rings. The molecule has 19 heavy (non-hydrogen) atoms. The van der Waals surface area contributed by atoms with E-state index in [1.54, 1.807) is 6.92 Å². The molecule has 1 atom stereocenters. The number of likely N-dealkylation sites (tertiary alicyclic amines) is 1. The van der Waals surface area contributed by atoms with Gasteiger partial charge in [0.25, 0.3) is 0 Å². The number of carbonyl (C=O) groups is 1. The summed E-state index contributed by atoms with van der Waals surface area (Å²) in [7, 11) is 2.16.